The standard InChI is InChI=1S/C18H17NO4S/c1-11-5-6-24-18(11)17(20)13(10-19)7-12-8-15(22-3)16(23-4)9-14(12)21-2/h5-9H,1-4H3/b13-7+. The smallest absolute Gasteiger partial charge is 0.213 e. The highest BCUT2D eigenvalue weighted by atomic mass is 32.1. The van der Waals surface area contributed by atoms with Crippen molar-refractivity contribution in [1.82, 2.24) is 0 Å². The fraction of sp³-hybridized carbons (Fsp3) is 0.222. The molecule has 0 saturated carbocycles. The molecular weight excluding hydrogens is 326 g/mol. The number of hydrogen-bond donors (Lipinski definition) is 0. The lowest BCUT2D eigenvalue weighted by molar-refractivity contribution is 0.104. The van der Waals surface area contributed by atoms with Gasteiger partial charge in [0.1, 0.15) is 17.4 Å². The van der Waals surface area contributed by atoms with Gasteiger partial charge in [-0.05, 0) is 36.1 Å². The number of nitriles is 1. The fourth-order valence-electron chi connectivity index (χ4n) is 2.20. The lowest BCUT2D eigenvalue weighted by Crippen LogP contribution is -2.02. The van der Waals surface area contributed by atoms with Crippen molar-refractivity contribution in [2.24, 2.45) is 0 Å². The molecule has 1 heterocycles. The molecule has 1 aromatic heterocycles. The Bertz CT molecular complexity index is 830. The summed E-state index contributed by atoms with van der Waals surface area (Å²) in [6.07, 6.45) is 1.50. The minimum absolute atomic E-state index is 0.0334. The highest BCUT2D eigenvalue weighted by molar-refractivity contribution is 7.12. The van der Waals surface area contributed by atoms with Gasteiger partial charge in [0.2, 0.25) is 5.78 Å². The summed E-state index contributed by atoms with van der Waals surface area (Å²) < 4.78 is 15.8. The van der Waals surface area contributed by atoms with Crippen molar-refractivity contribution < 1.29 is 19.0 Å². The van der Waals surface area contributed by atoms with Crippen LogP contribution in [0.5, 0.6) is 17.2 Å². The van der Waals surface area contributed by atoms with Crippen molar-refractivity contribution in [3.8, 4) is 23.3 Å². The van der Waals surface area contributed by atoms with Crippen LogP contribution in [0.2, 0.25) is 0 Å². The third-order valence-electron chi connectivity index (χ3n) is 3.47. The van der Waals surface area contributed by atoms with Crippen molar-refractivity contribution >= 4 is 23.2 Å². The predicted molar refractivity (Wildman–Crippen MR) is 93.1 cm³/mol. The van der Waals surface area contributed by atoms with Gasteiger partial charge >= 0.3 is 0 Å². The summed E-state index contributed by atoms with van der Waals surface area (Å²) in [5, 5.41) is 11.2. The summed E-state index contributed by atoms with van der Waals surface area (Å²) in [5.74, 6) is 1.17. The number of carbonyl (C=O) groups excluding carboxylic acids is 1. The molecule has 0 atom stereocenters. The van der Waals surface area contributed by atoms with Crippen LogP contribution in [0.15, 0.2) is 29.2 Å². The van der Waals surface area contributed by atoms with Crippen LogP contribution in [0, 0.1) is 18.3 Å². The molecule has 0 unspecified atom stereocenters. The first-order valence-corrected chi connectivity index (χ1v) is 7.94. The molecule has 24 heavy (non-hydrogen) atoms. The Balaban J connectivity index is 2.53. The first kappa shape index (κ1) is 17.6. The Hall–Kier alpha value is -2.78. The normalized spacial score (nSPS) is 10.9. The zero-order chi connectivity index (χ0) is 17.7. The monoisotopic (exact) mass is 343 g/mol. The number of aryl methyl sites for hydroxylation is 1. The van der Waals surface area contributed by atoms with Gasteiger partial charge < -0.3 is 14.2 Å². The van der Waals surface area contributed by atoms with E-state index in [0.717, 1.165) is 5.56 Å². The summed E-state index contributed by atoms with van der Waals surface area (Å²) in [4.78, 5) is 13.1. The van der Waals surface area contributed by atoms with E-state index in [1.165, 1.54) is 38.7 Å². The third-order valence-corrected chi connectivity index (χ3v) is 4.48. The van der Waals surface area contributed by atoms with Gasteiger partial charge in [-0.1, -0.05) is 0 Å². The number of hydrogen-bond acceptors (Lipinski definition) is 6. The molecule has 0 saturated heterocycles. The Morgan fingerprint density at radius 3 is 2.25 bits per heavy atom. The average molecular weight is 343 g/mol. The van der Waals surface area contributed by atoms with Gasteiger partial charge in [-0.2, -0.15) is 5.26 Å². The molecule has 124 valence electrons. The molecule has 0 aliphatic heterocycles. The van der Waals surface area contributed by atoms with Crippen LogP contribution in [0.4, 0.5) is 0 Å². The van der Waals surface area contributed by atoms with E-state index in [9.17, 15) is 10.1 Å². The number of rotatable bonds is 6. The minimum atomic E-state index is -0.304. The SMILES string of the molecule is COc1cc(OC)c(OC)cc1/C=C(\C#N)C(=O)c1sccc1C. The molecule has 0 aliphatic carbocycles. The topological polar surface area (TPSA) is 68.6 Å². The largest absolute Gasteiger partial charge is 0.496 e. The van der Waals surface area contributed by atoms with E-state index in [0.29, 0.717) is 27.7 Å². The molecule has 0 amide bonds. The first-order chi connectivity index (χ1) is 11.5. The van der Waals surface area contributed by atoms with Gasteiger partial charge in [-0.25, -0.2) is 0 Å². The average Bonchev–Trinajstić information content (AvgIpc) is 3.04. The molecule has 0 spiro atoms. The number of nitrogens with zero attached hydrogens (tertiary/aromatic N) is 1. The molecule has 5 nitrogen and oxygen atoms in total. The van der Waals surface area contributed by atoms with Crippen LogP contribution in [-0.4, -0.2) is 27.1 Å². The molecule has 0 fully saturated rings. The summed E-state index contributed by atoms with van der Waals surface area (Å²) in [5.41, 5.74) is 1.45. The van der Waals surface area contributed by atoms with Gasteiger partial charge in [0.15, 0.2) is 11.5 Å². The molecular formula is C18H17NO4S. The van der Waals surface area contributed by atoms with E-state index in [2.05, 4.69) is 0 Å². The Morgan fingerprint density at radius 1 is 1.12 bits per heavy atom. The molecule has 2 rings (SSSR count). The number of benzene rings is 1. The maximum absolute atomic E-state index is 12.6. The number of Topliss-reactive ketones (excluding diaryl/α,β-unsaturated/α-hetero) is 1. The molecule has 0 N–H and O–H groups in total. The van der Waals surface area contributed by atoms with E-state index in [4.69, 9.17) is 14.2 Å². The summed E-state index contributed by atoms with van der Waals surface area (Å²) in [7, 11) is 4.55. The second kappa shape index (κ2) is 7.66. The van der Waals surface area contributed by atoms with Crippen LogP contribution in [0.3, 0.4) is 0 Å². The number of allylic oxidation sites excluding steroid dienone is 1. The summed E-state index contributed by atoms with van der Waals surface area (Å²) in [6, 6.07) is 7.15. The van der Waals surface area contributed by atoms with E-state index in [-0.39, 0.29) is 11.4 Å². The van der Waals surface area contributed by atoms with Crippen LogP contribution < -0.4 is 14.2 Å². The molecule has 0 aliphatic rings. The predicted octanol–water partition coefficient (Wildman–Crippen LogP) is 3.87. The first-order valence-electron chi connectivity index (χ1n) is 7.06. The molecule has 0 bridgehead atoms. The van der Waals surface area contributed by atoms with E-state index in [1.807, 2.05) is 24.4 Å². The van der Waals surface area contributed by atoms with Crippen LogP contribution >= 0.6 is 11.3 Å². The third kappa shape index (κ3) is 3.42. The maximum Gasteiger partial charge on any atom is 0.213 e. The van der Waals surface area contributed by atoms with Crippen molar-refractivity contribution in [1.29, 1.82) is 5.26 Å². The lowest BCUT2D eigenvalue weighted by Gasteiger charge is -2.12. The number of ether oxygens (including phenoxy) is 3. The number of methoxy groups -OCH3 is 3. The number of ketones is 1. The van der Waals surface area contributed by atoms with Crippen LogP contribution in [0.1, 0.15) is 20.8 Å². The van der Waals surface area contributed by atoms with Gasteiger partial charge in [0, 0.05) is 11.6 Å². The van der Waals surface area contributed by atoms with Crippen molar-refractivity contribution in [3.63, 3.8) is 0 Å². The molecule has 2 aromatic rings. The molecule has 1 aromatic carbocycles. The van der Waals surface area contributed by atoms with E-state index in [1.54, 1.807) is 12.1 Å². The van der Waals surface area contributed by atoms with Crippen molar-refractivity contribution in [2.75, 3.05) is 21.3 Å². The summed E-state index contributed by atoms with van der Waals surface area (Å²) in [6.45, 7) is 1.84. The highest BCUT2D eigenvalue weighted by Gasteiger charge is 2.18. The lowest BCUT2D eigenvalue weighted by atomic mass is 10.0. The van der Waals surface area contributed by atoms with E-state index < -0.39 is 0 Å². The highest BCUT2D eigenvalue weighted by Crippen LogP contribution is 2.36. The maximum atomic E-state index is 12.6. The number of thiophene rings is 1. The quantitative estimate of drug-likeness (QED) is 0.452. The van der Waals surface area contributed by atoms with Gasteiger partial charge in [0.25, 0.3) is 0 Å². The number of carbonyl (C=O) groups is 1. The zero-order valence-electron chi connectivity index (χ0n) is 13.9. The van der Waals surface area contributed by atoms with Gasteiger partial charge in [-0.3, -0.25) is 4.79 Å². The Labute approximate surface area is 144 Å². The Kier molecular flexibility index (Phi) is 5.61. The zero-order valence-corrected chi connectivity index (χ0v) is 14.7. The molecule has 0 radical (unpaired) electrons. The second-order valence-corrected chi connectivity index (χ2v) is 5.80. The molecule has 6 heteroatoms. The summed E-state index contributed by atoms with van der Waals surface area (Å²) >= 11 is 1.32. The van der Waals surface area contributed by atoms with Gasteiger partial charge in [-0.15, -0.1) is 11.3 Å². The second-order valence-electron chi connectivity index (χ2n) is 4.88. The van der Waals surface area contributed by atoms with Crippen LogP contribution in [0.25, 0.3) is 6.08 Å². The fourth-order valence-corrected chi connectivity index (χ4v) is 3.08. The van der Waals surface area contributed by atoms with Gasteiger partial charge in [0.05, 0.1) is 26.2 Å². The Morgan fingerprint density at radius 2 is 1.75 bits per heavy atom. The van der Waals surface area contributed by atoms with E-state index >= 15 is 0 Å². The minimum Gasteiger partial charge on any atom is -0.496 e. The van der Waals surface area contributed by atoms with Crippen molar-refractivity contribution in [3.05, 3.63) is 45.2 Å². The van der Waals surface area contributed by atoms with Crippen molar-refractivity contribution in [2.45, 2.75) is 6.92 Å². The van der Waals surface area contributed by atoms with Crippen LogP contribution in [-0.2, 0) is 0 Å².